The van der Waals surface area contributed by atoms with E-state index in [-0.39, 0.29) is 0 Å². The van der Waals surface area contributed by atoms with Gasteiger partial charge in [-0.25, -0.2) is 0 Å². The Morgan fingerprint density at radius 1 is 1.40 bits per heavy atom. The summed E-state index contributed by atoms with van der Waals surface area (Å²) in [5.74, 6) is 6.34. The number of benzene rings is 1. The zero-order valence-electron chi connectivity index (χ0n) is 12.7. The predicted octanol–water partition coefficient (Wildman–Crippen LogP) is 2.13. The smallest absolute Gasteiger partial charge is 0.0700 e. The Morgan fingerprint density at radius 3 is 2.90 bits per heavy atom. The first-order valence-electron chi connectivity index (χ1n) is 7.24. The van der Waals surface area contributed by atoms with Crippen molar-refractivity contribution in [3.8, 4) is 11.8 Å². The fourth-order valence-electron chi connectivity index (χ4n) is 2.53. The zero-order valence-corrected chi connectivity index (χ0v) is 12.7. The zero-order chi connectivity index (χ0) is 14.6. The summed E-state index contributed by atoms with van der Waals surface area (Å²) in [6, 6.07) is 6.33. The van der Waals surface area contributed by atoms with Gasteiger partial charge in [0, 0.05) is 24.2 Å². The van der Waals surface area contributed by atoms with E-state index in [1.165, 1.54) is 17.7 Å². The van der Waals surface area contributed by atoms with Gasteiger partial charge in [0.2, 0.25) is 0 Å². The Hall–Kier alpha value is -1.50. The Morgan fingerprint density at radius 2 is 2.20 bits per heavy atom. The molecule has 0 amide bonds. The molecule has 0 spiro atoms. The minimum absolute atomic E-state index is 0.497. The van der Waals surface area contributed by atoms with Gasteiger partial charge in [0.25, 0.3) is 0 Å². The molecule has 1 aliphatic rings. The molecule has 1 aromatic rings. The molecular weight excluding hydrogens is 248 g/mol. The van der Waals surface area contributed by atoms with Gasteiger partial charge in [-0.15, -0.1) is 0 Å². The molecule has 0 atom stereocenters. The summed E-state index contributed by atoms with van der Waals surface area (Å²) in [6.45, 7) is 5.54. The van der Waals surface area contributed by atoms with Crippen molar-refractivity contribution in [1.29, 1.82) is 0 Å². The molecule has 1 aliphatic heterocycles. The van der Waals surface area contributed by atoms with E-state index < -0.39 is 5.60 Å². The maximum atomic E-state index is 9.73. The topological polar surface area (TPSA) is 35.5 Å². The molecule has 2 rings (SSSR count). The summed E-state index contributed by atoms with van der Waals surface area (Å²) in [6.07, 6.45) is 2.75. The summed E-state index contributed by atoms with van der Waals surface area (Å²) in [7, 11) is 1.97. The Labute approximate surface area is 122 Å². The predicted molar refractivity (Wildman–Crippen MR) is 83.8 cm³/mol. The van der Waals surface area contributed by atoms with Gasteiger partial charge in [-0.1, -0.05) is 17.9 Å². The number of aliphatic hydroxyl groups is 1. The third-order valence-corrected chi connectivity index (χ3v) is 3.44. The SMILES string of the molecule is CNCN1CCCc2c(C#CCC(C)(C)O)cccc21. The van der Waals surface area contributed by atoms with Gasteiger partial charge in [0.05, 0.1) is 12.3 Å². The van der Waals surface area contributed by atoms with Gasteiger partial charge in [0.15, 0.2) is 0 Å². The van der Waals surface area contributed by atoms with Crippen molar-refractivity contribution in [2.45, 2.75) is 38.7 Å². The summed E-state index contributed by atoms with van der Waals surface area (Å²) in [5.41, 5.74) is 3.02. The minimum atomic E-state index is -0.722. The molecule has 0 radical (unpaired) electrons. The van der Waals surface area contributed by atoms with Crippen molar-refractivity contribution in [2.75, 3.05) is 25.2 Å². The number of nitrogens with zero attached hydrogens (tertiary/aromatic N) is 1. The van der Waals surface area contributed by atoms with Crippen molar-refractivity contribution >= 4 is 5.69 Å². The highest BCUT2D eigenvalue weighted by molar-refractivity contribution is 5.62. The highest BCUT2D eigenvalue weighted by Crippen LogP contribution is 2.29. The van der Waals surface area contributed by atoms with Crippen molar-refractivity contribution in [3.63, 3.8) is 0 Å². The molecule has 0 unspecified atom stereocenters. The van der Waals surface area contributed by atoms with Crippen LogP contribution < -0.4 is 10.2 Å². The Kier molecular flexibility index (Phi) is 4.69. The van der Waals surface area contributed by atoms with E-state index in [4.69, 9.17) is 0 Å². The number of hydrogen-bond donors (Lipinski definition) is 2. The molecule has 3 nitrogen and oxygen atoms in total. The lowest BCUT2D eigenvalue weighted by Crippen LogP contribution is -2.36. The average Bonchev–Trinajstić information content (AvgIpc) is 2.38. The lowest BCUT2D eigenvalue weighted by Gasteiger charge is -2.31. The molecule has 0 saturated heterocycles. The maximum Gasteiger partial charge on any atom is 0.0700 e. The highest BCUT2D eigenvalue weighted by Gasteiger charge is 2.18. The van der Waals surface area contributed by atoms with Gasteiger partial charge < -0.3 is 15.3 Å². The van der Waals surface area contributed by atoms with Crippen LogP contribution in [0.25, 0.3) is 0 Å². The lowest BCUT2D eigenvalue weighted by atomic mass is 9.96. The molecule has 1 aromatic carbocycles. The largest absolute Gasteiger partial charge is 0.389 e. The Bertz CT molecular complexity index is 520. The molecule has 20 heavy (non-hydrogen) atoms. The van der Waals surface area contributed by atoms with Crippen LogP contribution in [-0.2, 0) is 6.42 Å². The van der Waals surface area contributed by atoms with E-state index in [1.807, 2.05) is 7.05 Å². The first-order valence-corrected chi connectivity index (χ1v) is 7.24. The standard InChI is InChI=1S/C17H24N2O/c1-17(2,20)11-5-8-14-7-4-10-16-15(14)9-6-12-19(16)13-18-3/h4,7,10,18,20H,6,9,11-13H2,1-3H3. The lowest BCUT2D eigenvalue weighted by molar-refractivity contribution is 0.0862. The van der Waals surface area contributed by atoms with Crippen molar-refractivity contribution in [1.82, 2.24) is 5.32 Å². The van der Waals surface area contributed by atoms with Gasteiger partial charge in [0.1, 0.15) is 0 Å². The second kappa shape index (κ2) is 6.30. The van der Waals surface area contributed by atoms with Crippen LogP contribution in [0.1, 0.15) is 37.8 Å². The molecule has 3 heteroatoms. The monoisotopic (exact) mass is 272 g/mol. The average molecular weight is 272 g/mol. The number of nitrogens with one attached hydrogen (secondary N) is 1. The summed E-state index contributed by atoms with van der Waals surface area (Å²) < 4.78 is 0. The van der Waals surface area contributed by atoms with Gasteiger partial charge in [-0.2, -0.15) is 0 Å². The van der Waals surface area contributed by atoms with Crippen LogP contribution >= 0.6 is 0 Å². The van der Waals surface area contributed by atoms with Gasteiger partial charge in [-0.05, 0) is 51.4 Å². The quantitative estimate of drug-likeness (QED) is 0.828. The number of hydrogen-bond acceptors (Lipinski definition) is 3. The molecule has 0 fully saturated rings. The fourth-order valence-corrected chi connectivity index (χ4v) is 2.53. The van der Waals surface area contributed by atoms with E-state index in [0.29, 0.717) is 6.42 Å². The number of rotatable bonds is 3. The van der Waals surface area contributed by atoms with Crippen LogP contribution in [0.2, 0.25) is 0 Å². The Balaban J connectivity index is 2.25. The van der Waals surface area contributed by atoms with Crippen LogP contribution in [-0.4, -0.2) is 31.0 Å². The molecule has 0 aliphatic carbocycles. The number of fused-ring (bicyclic) bond motifs is 1. The minimum Gasteiger partial charge on any atom is -0.389 e. The molecule has 0 bridgehead atoms. The molecule has 0 aromatic heterocycles. The second-order valence-corrected chi connectivity index (χ2v) is 5.97. The van der Waals surface area contributed by atoms with Crippen LogP contribution in [0.5, 0.6) is 0 Å². The normalized spacial score (nSPS) is 14.5. The van der Waals surface area contributed by atoms with Crippen LogP contribution in [0.15, 0.2) is 18.2 Å². The van der Waals surface area contributed by atoms with Crippen molar-refractivity contribution < 1.29 is 5.11 Å². The highest BCUT2D eigenvalue weighted by atomic mass is 16.3. The van der Waals surface area contributed by atoms with E-state index in [1.54, 1.807) is 13.8 Å². The van der Waals surface area contributed by atoms with E-state index in [0.717, 1.165) is 25.2 Å². The number of anilines is 1. The third kappa shape index (κ3) is 3.75. The maximum absolute atomic E-state index is 9.73. The first-order chi connectivity index (χ1) is 9.51. The van der Waals surface area contributed by atoms with Crippen LogP contribution in [0, 0.1) is 11.8 Å². The van der Waals surface area contributed by atoms with Gasteiger partial charge in [-0.3, -0.25) is 0 Å². The summed E-state index contributed by atoms with van der Waals surface area (Å²) in [4.78, 5) is 2.36. The molecular formula is C17H24N2O. The molecule has 108 valence electrons. The summed E-state index contributed by atoms with van der Waals surface area (Å²) >= 11 is 0. The van der Waals surface area contributed by atoms with Crippen LogP contribution in [0.3, 0.4) is 0 Å². The third-order valence-electron chi connectivity index (χ3n) is 3.44. The fraction of sp³-hybridized carbons (Fsp3) is 0.529. The first kappa shape index (κ1) is 14.9. The molecule has 2 N–H and O–H groups in total. The van der Waals surface area contributed by atoms with Crippen molar-refractivity contribution in [2.24, 2.45) is 0 Å². The molecule has 1 heterocycles. The van der Waals surface area contributed by atoms with E-state index in [2.05, 4.69) is 40.3 Å². The van der Waals surface area contributed by atoms with Crippen LogP contribution in [0.4, 0.5) is 5.69 Å². The van der Waals surface area contributed by atoms with Gasteiger partial charge >= 0.3 is 0 Å². The van der Waals surface area contributed by atoms with E-state index in [9.17, 15) is 5.11 Å². The van der Waals surface area contributed by atoms with Crippen molar-refractivity contribution in [3.05, 3.63) is 29.3 Å². The summed E-state index contributed by atoms with van der Waals surface area (Å²) in [5, 5.41) is 12.9. The second-order valence-electron chi connectivity index (χ2n) is 5.97. The van der Waals surface area contributed by atoms with E-state index >= 15 is 0 Å². The molecule has 0 saturated carbocycles.